The largest absolute Gasteiger partial charge is 0.383 e. The zero-order valence-electron chi connectivity index (χ0n) is 16.7. The first-order valence-electron chi connectivity index (χ1n) is 9.43. The minimum atomic E-state index is -0.167. The molecule has 0 aliphatic carbocycles. The molecule has 26 heavy (non-hydrogen) atoms. The Balaban J connectivity index is 2.73. The van der Waals surface area contributed by atoms with Crippen LogP contribution in [0.25, 0.3) is 0 Å². The van der Waals surface area contributed by atoms with Crippen LogP contribution in [0.15, 0.2) is 18.3 Å². The van der Waals surface area contributed by atoms with Gasteiger partial charge in [-0.05, 0) is 25.0 Å². The van der Waals surface area contributed by atoms with Gasteiger partial charge in [0.1, 0.15) is 6.54 Å². The number of hydrogen-bond acceptors (Lipinski definition) is 3. The highest BCUT2D eigenvalue weighted by Crippen LogP contribution is 2.07. The smallest absolute Gasteiger partial charge is 0.317 e. The predicted octanol–water partition coefficient (Wildman–Crippen LogP) is 2.22. The quantitative estimate of drug-likeness (QED) is 0.577. The van der Waals surface area contributed by atoms with E-state index in [1.807, 2.05) is 36.9 Å². The topological polar surface area (TPSA) is 66.8 Å². The van der Waals surface area contributed by atoms with E-state index in [0.717, 1.165) is 25.0 Å². The lowest BCUT2D eigenvalue weighted by Gasteiger charge is -2.27. The number of unbranched alkanes of at least 4 members (excludes halogenated alkanes) is 1. The van der Waals surface area contributed by atoms with Crippen molar-refractivity contribution in [1.82, 2.24) is 19.7 Å². The van der Waals surface area contributed by atoms with Crippen LogP contribution in [0.4, 0.5) is 4.79 Å². The molecule has 0 saturated carbocycles. The van der Waals surface area contributed by atoms with Crippen molar-refractivity contribution < 1.29 is 14.3 Å². The summed E-state index contributed by atoms with van der Waals surface area (Å²) in [5.41, 5.74) is 1.05. The summed E-state index contributed by atoms with van der Waals surface area (Å²) in [6.07, 6.45) is 4.73. The molecule has 1 aromatic rings. The first-order valence-corrected chi connectivity index (χ1v) is 9.43. The number of carbonyl (C=O) groups excluding carboxylic acids is 2. The number of aryl methyl sites for hydroxylation is 1. The molecule has 1 heterocycles. The third-order valence-corrected chi connectivity index (χ3v) is 4.24. The van der Waals surface area contributed by atoms with Crippen molar-refractivity contribution in [3.05, 3.63) is 24.0 Å². The number of ether oxygens (including phenoxy) is 1. The van der Waals surface area contributed by atoms with Crippen LogP contribution in [-0.2, 0) is 23.1 Å². The lowest BCUT2D eigenvalue weighted by atomic mass is 10.3. The van der Waals surface area contributed by atoms with E-state index in [1.165, 1.54) is 0 Å². The maximum Gasteiger partial charge on any atom is 0.317 e. The second-order valence-corrected chi connectivity index (χ2v) is 6.43. The van der Waals surface area contributed by atoms with Gasteiger partial charge < -0.3 is 24.4 Å². The summed E-state index contributed by atoms with van der Waals surface area (Å²) in [4.78, 5) is 28.6. The number of amides is 3. The molecule has 0 radical (unpaired) electrons. The minimum Gasteiger partial charge on any atom is -0.383 e. The molecule has 0 aliphatic heterocycles. The van der Waals surface area contributed by atoms with Crippen LogP contribution in [0, 0.1) is 0 Å². The summed E-state index contributed by atoms with van der Waals surface area (Å²) in [5.74, 6) is -0.0673. The molecule has 0 spiro atoms. The molecule has 0 saturated heterocycles. The van der Waals surface area contributed by atoms with E-state index < -0.39 is 0 Å². The molecule has 0 fully saturated rings. The minimum absolute atomic E-state index is 0.0673. The Kier molecular flexibility index (Phi) is 10.5. The molecular formula is C19H34N4O3. The Hall–Kier alpha value is -2.02. The normalized spacial score (nSPS) is 10.6. The van der Waals surface area contributed by atoms with Crippen molar-refractivity contribution in [1.29, 1.82) is 0 Å². The monoisotopic (exact) mass is 366 g/mol. The first-order chi connectivity index (χ1) is 12.5. The van der Waals surface area contributed by atoms with E-state index >= 15 is 0 Å². The number of carbonyl (C=O) groups is 2. The Labute approximate surface area is 157 Å². The lowest BCUT2D eigenvalue weighted by Crippen LogP contribution is -2.47. The van der Waals surface area contributed by atoms with Gasteiger partial charge in [0.15, 0.2) is 0 Å². The number of aromatic nitrogens is 1. The van der Waals surface area contributed by atoms with E-state index in [4.69, 9.17) is 4.74 Å². The van der Waals surface area contributed by atoms with Crippen molar-refractivity contribution in [3.8, 4) is 0 Å². The summed E-state index contributed by atoms with van der Waals surface area (Å²) < 4.78 is 7.14. The van der Waals surface area contributed by atoms with Crippen LogP contribution in [0.3, 0.4) is 0 Å². The van der Waals surface area contributed by atoms with Gasteiger partial charge in [-0.3, -0.25) is 4.79 Å². The third-order valence-electron chi connectivity index (χ3n) is 4.24. The summed E-state index contributed by atoms with van der Waals surface area (Å²) in [6.45, 7) is 6.83. The molecule has 0 aliphatic rings. The average Bonchev–Trinajstić information content (AvgIpc) is 3.02. The number of methoxy groups -OCH3 is 1. The van der Waals surface area contributed by atoms with Gasteiger partial charge in [0.25, 0.3) is 0 Å². The van der Waals surface area contributed by atoms with E-state index in [2.05, 4.69) is 12.2 Å². The highest BCUT2D eigenvalue weighted by Gasteiger charge is 2.21. The van der Waals surface area contributed by atoms with Crippen molar-refractivity contribution in [2.45, 2.75) is 39.7 Å². The molecule has 0 bridgehead atoms. The van der Waals surface area contributed by atoms with Gasteiger partial charge in [-0.15, -0.1) is 0 Å². The van der Waals surface area contributed by atoms with Crippen molar-refractivity contribution >= 4 is 11.9 Å². The SMILES string of the molecule is CCCCNC(=O)N(CCC)CC(=O)N(CCOC)Cc1cccn1C. The summed E-state index contributed by atoms with van der Waals surface area (Å²) in [5, 5.41) is 2.90. The molecule has 1 rings (SSSR count). The zero-order chi connectivity index (χ0) is 19.4. The van der Waals surface area contributed by atoms with Crippen LogP contribution >= 0.6 is 0 Å². The van der Waals surface area contributed by atoms with Gasteiger partial charge in [0, 0.05) is 45.7 Å². The van der Waals surface area contributed by atoms with E-state index in [-0.39, 0.29) is 18.5 Å². The number of nitrogens with one attached hydrogen (secondary N) is 1. The van der Waals surface area contributed by atoms with Crippen molar-refractivity contribution in [3.63, 3.8) is 0 Å². The number of rotatable bonds is 12. The van der Waals surface area contributed by atoms with Gasteiger partial charge in [0.05, 0.1) is 13.2 Å². The van der Waals surface area contributed by atoms with Crippen molar-refractivity contribution in [2.24, 2.45) is 7.05 Å². The van der Waals surface area contributed by atoms with Gasteiger partial charge in [-0.25, -0.2) is 4.79 Å². The van der Waals surface area contributed by atoms with Gasteiger partial charge in [-0.1, -0.05) is 20.3 Å². The number of urea groups is 1. The fraction of sp³-hybridized carbons (Fsp3) is 0.684. The molecule has 7 nitrogen and oxygen atoms in total. The predicted molar refractivity (Wildman–Crippen MR) is 103 cm³/mol. The fourth-order valence-electron chi connectivity index (χ4n) is 2.62. The Morgan fingerprint density at radius 2 is 1.96 bits per heavy atom. The summed E-state index contributed by atoms with van der Waals surface area (Å²) >= 11 is 0. The van der Waals surface area contributed by atoms with Gasteiger partial charge >= 0.3 is 6.03 Å². The van der Waals surface area contributed by atoms with Crippen LogP contribution in [0.1, 0.15) is 38.8 Å². The highest BCUT2D eigenvalue weighted by molar-refractivity contribution is 5.84. The van der Waals surface area contributed by atoms with E-state index in [0.29, 0.717) is 32.8 Å². The zero-order valence-corrected chi connectivity index (χ0v) is 16.7. The number of hydrogen-bond donors (Lipinski definition) is 1. The maximum atomic E-state index is 12.8. The fourth-order valence-corrected chi connectivity index (χ4v) is 2.62. The standard InChI is InChI=1S/C19H34N4O3/c1-5-7-10-20-19(25)23(11-6-2)16-18(24)22(13-14-26-4)15-17-9-8-12-21(17)3/h8-9,12H,5-7,10-11,13-16H2,1-4H3,(H,20,25). The molecule has 0 atom stereocenters. The molecule has 1 aromatic heterocycles. The van der Waals surface area contributed by atoms with E-state index in [9.17, 15) is 9.59 Å². The average molecular weight is 367 g/mol. The second-order valence-electron chi connectivity index (χ2n) is 6.43. The Bertz CT molecular complexity index is 545. The van der Waals surface area contributed by atoms with Crippen molar-refractivity contribution in [2.75, 3.05) is 39.9 Å². The van der Waals surface area contributed by atoms with Crippen LogP contribution < -0.4 is 5.32 Å². The molecular weight excluding hydrogens is 332 g/mol. The molecule has 7 heteroatoms. The highest BCUT2D eigenvalue weighted by atomic mass is 16.5. The van der Waals surface area contributed by atoms with Crippen LogP contribution in [-0.4, -0.2) is 66.2 Å². The van der Waals surface area contributed by atoms with Gasteiger partial charge in [0.2, 0.25) is 5.91 Å². The lowest BCUT2D eigenvalue weighted by molar-refractivity contribution is -0.133. The number of nitrogens with zero attached hydrogens (tertiary/aromatic N) is 3. The summed E-state index contributed by atoms with van der Waals surface area (Å²) in [7, 11) is 3.58. The molecule has 0 aromatic carbocycles. The Morgan fingerprint density at radius 3 is 2.54 bits per heavy atom. The van der Waals surface area contributed by atoms with Crippen LogP contribution in [0.2, 0.25) is 0 Å². The summed E-state index contributed by atoms with van der Waals surface area (Å²) in [6, 6.07) is 3.78. The molecule has 1 N–H and O–H groups in total. The second kappa shape index (κ2) is 12.4. The molecule has 0 unspecified atom stereocenters. The molecule has 3 amide bonds. The van der Waals surface area contributed by atoms with Crippen LogP contribution in [0.5, 0.6) is 0 Å². The van der Waals surface area contributed by atoms with Gasteiger partial charge in [-0.2, -0.15) is 0 Å². The first kappa shape index (κ1) is 22.0. The third kappa shape index (κ3) is 7.47. The van der Waals surface area contributed by atoms with E-state index in [1.54, 1.807) is 16.9 Å². The maximum absolute atomic E-state index is 12.8. The Morgan fingerprint density at radius 1 is 1.19 bits per heavy atom. The molecule has 148 valence electrons.